The lowest BCUT2D eigenvalue weighted by molar-refractivity contribution is -0.118. The third kappa shape index (κ3) is 3.54. The molecule has 1 aromatic carbocycles. The summed E-state index contributed by atoms with van der Waals surface area (Å²) in [7, 11) is 1.66. The van der Waals surface area contributed by atoms with Crippen LogP contribution in [0, 0.1) is 13.8 Å². The van der Waals surface area contributed by atoms with E-state index in [0.717, 1.165) is 4.47 Å². The topological polar surface area (TPSA) is 29.1 Å². The Bertz CT molecular complexity index is 379. The Morgan fingerprint density at radius 3 is 2.67 bits per heavy atom. The number of nitrogens with one attached hydrogen (secondary N) is 1. The van der Waals surface area contributed by atoms with Gasteiger partial charge in [-0.05, 0) is 37.1 Å². The van der Waals surface area contributed by atoms with E-state index in [1.807, 2.05) is 6.92 Å². The third-order valence-corrected chi connectivity index (χ3v) is 4.11. The summed E-state index contributed by atoms with van der Waals surface area (Å²) < 4.78 is 1.12. The van der Waals surface area contributed by atoms with Gasteiger partial charge in [0.1, 0.15) is 0 Å². The molecule has 0 aromatic heterocycles. The van der Waals surface area contributed by atoms with Crippen molar-refractivity contribution in [3.63, 3.8) is 0 Å². The Balaban J connectivity index is 2.77. The van der Waals surface area contributed by atoms with Gasteiger partial charge in [0.25, 0.3) is 0 Å². The minimum Gasteiger partial charge on any atom is -0.358 e. The molecule has 0 atom stereocenters. The van der Waals surface area contributed by atoms with Gasteiger partial charge in [-0.25, -0.2) is 0 Å². The second-order valence-corrected chi connectivity index (χ2v) is 5.20. The highest BCUT2D eigenvalue weighted by Crippen LogP contribution is 2.28. The molecule has 0 bridgehead atoms. The molecule has 0 heterocycles. The predicted molar refractivity (Wildman–Crippen MR) is 68.4 cm³/mol. The second-order valence-electron chi connectivity index (χ2n) is 3.33. The first kappa shape index (κ1) is 12.6. The van der Waals surface area contributed by atoms with Crippen molar-refractivity contribution in [2.45, 2.75) is 18.7 Å². The molecular formula is C11H14BrNOS. The van der Waals surface area contributed by atoms with Crippen molar-refractivity contribution < 1.29 is 4.79 Å². The van der Waals surface area contributed by atoms with Crippen LogP contribution < -0.4 is 5.32 Å². The molecule has 0 radical (unpaired) electrons. The Kier molecular flexibility index (Phi) is 4.67. The van der Waals surface area contributed by atoms with Crippen LogP contribution in [0.25, 0.3) is 0 Å². The Labute approximate surface area is 103 Å². The molecule has 0 unspecified atom stereocenters. The number of hydrogen-bond donors (Lipinski definition) is 1. The molecule has 2 nitrogen and oxygen atoms in total. The monoisotopic (exact) mass is 287 g/mol. The summed E-state index contributed by atoms with van der Waals surface area (Å²) in [6, 6.07) is 4.19. The summed E-state index contributed by atoms with van der Waals surface area (Å²) in [6.45, 7) is 4.10. The second kappa shape index (κ2) is 5.56. The average molecular weight is 288 g/mol. The number of amides is 1. The summed E-state index contributed by atoms with van der Waals surface area (Å²) in [5.74, 6) is 0.526. The SMILES string of the molecule is CNC(=O)CSc1cc(C)c(Br)cc1C. The van der Waals surface area contributed by atoms with Crippen molar-refractivity contribution in [1.82, 2.24) is 5.32 Å². The Morgan fingerprint density at radius 1 is 1.40 bits per heavy atom. The van der Waals surface area contributed by atoms with Gasteiger partial charge < -0.3 is 5.32 Å². The van der Waals surface area contributed by atoms with Gasteiger partial charge in [0, 0.05) is 16.4 Å². The molecule has 1 amide bonds. The zero-order valence-electron chi connectivity index (χ0n) is 9.06. The molecule has 82 valence electrons. The molecule has 0 fully saturated rings. The molecule has 1 N–H and O–H groups in total. The van der Waals surface area contributed by atoms with E-state index in [4.69, 9.17) is 0 Å². The molecule has 0 aliphatic carbocycles. The van der Waals surface area contributed by atoms with Crippen LogP contribution in [0.2, 0.25) is 0 Å². The average Bonchev–Trinajstić information content (AvgIpc) is 2.21. The first-order valence-corrected chi connectivity index (χ1v) is 6.42. The summed E-state index contributed by atoms with van der Waals surface area (Å²) >= 11 is 5.06. The number of halogens is 1. The Hall–Kier alpha value is -0.480. The lowest BCUT2D eigenvalue weighted by atomic mass is 10.2. The number of benzene rings is 1. The first-order valence-electron chi connectivity index (χ1n) is 4.64. The number of carbonyl (C=O) groups excluding carboxylic acids is 1. The highest BCUT2D eigenvalue weighted by atomic mass is 79.9. The van der Waals surface area contributed by atoms with E-state index >= 15 is 0 Å². The summed E-state index contributed by atoms with van der Waals surface area (Å²) in [5.41, 5.74) is 2.39. The van der Waals surface area contributed by atoms with E-state index in [9.17, 15) is 4.79 Å². The number of aryl methyl sites for hydroxylation is 2. The van der Waals surface area contributed by atoms with Crippen LogP contribution in [0.4, 0.5) is 0 Å². The van der Waals surface area contributed by atoms with E-state index in [2.05, 4.69) is 40.3 Å². The lowest BCUT2D eigenvalue weighted by Crippen LogP contribution is -2.19. The molecule has 15 heavy (non-hydrogen) atoms. The van der Waals surface area contributed by atoms with E-state index in [0.29, 0.717) is 5.75 Å². The van der Waals surface area contributed by atoms with Gasteiger partial charge in [-0.15, -0.1) is 11.8 Å². The molecule has 1 rings (SSSR count). The standard InChI is InChI=1S/C11H14BrNOS/c1-7-5-10(8(2)4-9(7)12)15-6-11(14)13-3/h4-5H,6H2,1-3H3,(H,13,14). The van der Waals surface area contributed by atoms with E-state index in [-0.39, 0.29) is 5.91 Å². The van der Waals surface area contributed by atoms with Gasteiger partial charge in [-0.2, -0.15) is 0 Å². The molecule has 0 aliphatic rings. The van der Waals surface area contributed by atoms with Gasteiger partial charge in [0.05, 0.1) is 5.75 Å². The molecule has 0 spiro atoms. The quantitative estimate of drug-likeness (QED) is 0.866. The van der Waals surface area contributed by atoms with Crippen LogP contribution >= 0.6 is 27.7 Å². The van der Waals surface area contributed by atoms with Crippen molar-refractivity contribution in [3.05, 3.63) is 27.7 Å². The number of hydrogen-bond acceptors (Lipinski definition) is 2. The largest absolute Gasteiger partial charge is 0.358 e. The lowest BCUT2D eigenvalue weighted by Gasteiger charge is -2.08. The van der Waals surface area contributed by atoms with E-state index in [1.165, 1.54) is 16.0 Å². The van der Waals surface area contributed by atoms with Crippen LogP contribution in [-0.4, -0.2) is 18.7 Å². The zero-order chi connectivity index (χ0) is 11.4. The molecule has 0 saturated heterocycles. The van der Waals surface area contributed by atoms with Crippen molar-refractivity contribution in [2.24, 2.45) is 0 Å². The zero-order valence-corrected chi connectivity index (χ0v) is 11.5. The molecule has 0 saturated carbocycles. The predicted octanol–water partition coefficient (Wildman–Crippen LogP) is 2.90. The van der Waals surface area contributed by atoms with Gasteiger partial charge in [-0.3, -0.25) is 4.79 Å². The Morgan fingerprint density at radius 2 is 2.07 bits per heavy atom. The first-order chi connectivity index (χ1) is 7.04. The van der Waals surface area contributed by atoms with Crippen LogP contribution in [0.15, 0.2) is 21.5 Å². The number of rotatable bonds is 3. The van der Waals surface area contributed by atoms with Crippen LogP contribution in [0.5, 0.6) is 0 Å². The van der Waals surface area contributed by atoms with Crippen molar-refractivity contribution in [2.75, 3.05) is 12.8 Å². The smallest absolute Gasteiger partial charge is 0.230 e. The summed E-state index contributed by atoms with van der Waals surface area (Å²) in [5, 5.41) is 2.61. The number of thioether (sulfide) groups is 1. The van der Waals surface area contributed by atoms with Crippen molar-refractivity contribution in [1.29, 1.82) is 0 Å². The molecule has 4 heteroatoms. The summed E-state index contributed by atoms with van der Waals surface area (Å²) in [6.07, 6.45) is 0. The van der Waals surface area contributed by atoms with Gasteiger partial charge in [0.2, 0.25) is 5.91 Å². The van der Waals surface area contributed by atoms with Crippen LogP contribution in [0.3, 0.4) is 0 Å². The fourth-order valence-corrected chi connectivity index (χ4v) is 2.56. The minimum absolute atomic E-state index is 0.0555. The van der Waals surface area contributed by atoms with E-state index in [1.54, 1.807) is 18.8 Å². The fourth-order valence-electron chi connectivity index (χ4n) is 1.13. The normalized spacial score (nSPS) is 10.1. The van der Waals surface area contributed by atoms with Crippen LogP contribution in [0.1, 0.15) is 11.1 Å². The highest BCUT2D eigenvalue weighted by molar-refractivity contribution is 9.10. The van der Waals surface area contributed by atoms with Gasteiger partial charge in [-0.1, -0.05) is 15.9 Å². The summed E-state index contributed by atoms with van der Waals surface area (Å²) in [4.78, 5) is 12.3. The maximum Gasteiger partial charge on any atom is 0.230 e. The fraction of sp³-hybridized carbons (Fsp3) is 0.364. The minimum atomic E-state index is 0.0555. The molecule has 1 aromatic rings. The molecular weight excluding hydrogens is 274 g/mol. The van der Waals surface area contributed by atoms with Gasteiger partial charge in [0.15, 0.2) is 0 Å². The number of carbonyl (C=O) groups is 1. The maximum absolute atomic E-state index is 11.1. The van der Waals surface area contributed by atoms with Crippen molar-refractivity contribution in [3.8, 4) is 0 Å². The van der Waals surface area contributed by atoms with Crippen molar-refractivity contribution >= 4 is 33.6 Å². The maximum atomic E-state index is 11.1. The van der Waals surface area contributed by atoms with Gasteiger partial charge >= 0.3 is 0 Å². The third-order valence-electron chi connectivity index (χ3n) is 2.09. The van der Waals surface area contributed by atoms with E-state index < -0.39 is 0 Å². The molecule has 0 aliphatic heterocycles. The van der Waals surface area contributed by atoms with Crippen LogP contribution in [-0.2, 0) is 4.79 Å². The highest BCUT2D eigenvalue weighted by Gasteiger charge is 2.05.